The molecule has 1 rings (SSSR count). The summed E-state index contributed by atoms with van der Waals surface area (Å²) in [5, 5.41) is 12.5. The predicted molar refractivity (Wildman–Crippen MR) is 57.2 cm³/mol. The maximum atomic E-state index is 11.2. The van der Waals surface area contributed by atoms with Crippen molar-refractivity contribution in [1.82, 2.24) is 0 Å². The number of hydrogen-bond donors (Lipinski definition) is 1. The minimum absolute atomic E-state index is 0.0921. The number of carboxylic acid groups (broad SMARTS) is 1. The Balaban J connectivity index is 2.53. The van der Waals surface area contributed by atoms with Crippen molar-refractivity contribution in [2.24, 2.45) is 5.92 Å². The summed E-state index contributed by atoms with van der Waals surface area (Å²) in [5.41, 5.74) is 0. The number of carbonyl (C=O) groups excluding carboxylic acids is 1. The monoisotopic (exact) mass is 249 g/mol. The van der Waals surface area contributed by atoms with E-state index in [1.807, 2.05) is 13.8 Å². The molecular weight excluding hydrogens is 230 g/mol. The van der Waals surface area contributed by atoms with E-state index in [4.69, 9.17) is 0 Å². The second kappa shape index (κ2) is 5.14. The van der Waals surface area contributed by atoms with Crippen LogP contribution < -0.4 is 10.4 Å². The third-order valence-corrected chi connectivity index (χ3v) is 4.59. The number of carbonyl (C=O) groups is 1. The van der Waals surface area contributed by atoms with Crippen LogP contribution in [0.5, 0.6) is 0 Å². The minimum Gasteiger partial charge on any atom is -0.544 e. The number of hydrogen-bond acceptors (Lipinski definition) is 4. The third-order valence-electron chi connectivity index (χ3n) is 2.80. The molecule has 0 radical (unpaired) electrons. The van der Waals surface area contributed by atoms with Crippen molar-refractivity contribution < 1.29 is 23.6 Å². The Morgan fingerprint density at radius 3 is 2.50 bits per heavy atom. The van der Waals surface area contributed by atoms with Gasteiger partial charge in [-0.05, 0) is 5.92 Å². The maximum Gasteiger partial charge on any atom is 0.156 e. The number of nitrogens with two attached hydrogens (primary N) is 1. The number of aliphatic carboxylic acids is 1. The van der Waals surface area contributed by atoms with E-state index in [9.17, 15) is 18.3 Å². The molecule has 1 saturated heterocycles. The van der Waals surface area contributed by atoms with Gasteiger partial charge < -0.3 is 15.2 Å². The summed E-state index contributed by atoms with van der Waals surface area (Å²) in [7, 11) is -2.94. The summed E-state index contributed by atoms with van der Waals surface area (Å²) < 4.78 is 22.5. The maximum absolute atomic E-state index is 11.2. The zero-order chi connectivity index (χ0) is 12.3. The zero-order valence-corrected chi connectivity index (χ0v) is 10.5. The van der Waals surface area contributed by atoms with Gasteiger partial charge in [-0.3, -0.25) is 0 Å². The van der Waals surface area contributed by atoms with Gasteiger partial charge in [-0.25, -0.2) is 8.42 Å². The summed E-state index contributed by atoms with van der Waals surface area (Å²) in [6, 6.07) is -0.745. The van der Waals surface area contributed by atoms with E-state index in [1.54, 1.807) is 5.32 Å². The van der Waals surface area contributed by atoms with Gasteiger partial charge in [-0.1, -0.05) is 13.8 Å². The Morgan fingerprint density at radius 2 is 2.12 bits per heavy atom. The normalized spacial score (nSPS) is 25.8. The Bertz CT molecular complexity index is 350. The minimum atomic E-state index is -2.94. The standard InChI is InChI=1S/C10H19NO4S/c1-7(2)5-9(10(12)13)11-8-3-4-16(14,15)6-8/h7-9,11H,3-6H2,1-2H3,(H,12,13)/t8-,9+/m1/s1. The quantitative estimate of drug-likeness (QED) is 0.604. The molecule has 5 nitrogen and oxygen atoms in total. The lowest BCUT2D eigenvalue weighted by atomic mass is 10.0. The third kappa shape index (κ3) is 4.09. The van der Waals surface area contributed by atoms with E-state index in [2.05, 4.69) is 0 Å². The molecule has 0 aromatic heterocycles. The molecule has 0 aromatic rings. The van der Waals surface area contributed by atoms with Crippen LogP contribution in [-0.2, 0) is 14.6 Å². The average molecular weight is 249 g/mol. The highest BCUT2D eigenvalue weighted by Crippen LogP contribution is 2.09. The highest BCUT2D eigenvalue weighted by atomic mass is 32.2. The van der Waals surface area contributed by atoms with Crippen molar-refractivity contribution in [2.75, 3.05) is 11.5 Å². The highest BCUT2D eigenvalue weighted by molar-refractivity contribution is 7.91. The van der Waals surface area contributed by atoms with Crippen LogP contribution in [-0.4, -0.2) is 38.0 Å². The molecule has 2 N–H and O–H groups in total. The van der Waals surface area contributed by atoms with Crippen molar-refractivity contribution in [3.63, 3.8) is 0 Å². The Morgan fingerprint density at radius 1 is 1.50 bits per heavy atom. The molecule has 6 heteroatoms. The topological polar surface area (TPSA) is 90.9 Å². The largest absolute Gasteiger partial charge is 0.544 e. The lowest BCUT2D eigenvalue weighted by Gasteiger charge is -2.21. The zero-order valence-electron chi connectivity index (χ0n) is 9.68. The molecule has 16 heavy (non-hydrogen) atoms. The van der Waals surface area contributed by atoms with Gasteiger partial charge in [0.15, 0.2) is 9.84 Å². The molecule has 0 spiro atoms. The van der Waals surface area contributed by atoms with Crippen LogP contribution in [0.1, 0.15) is 26.7 Å². The molecule has 1 fully saturated rings. The summed E-state index contributed by atoms with van der Waals surface area (Å²) in [6.07, 6.45) is 1.06. The fraction of sp³-hybridized carbons (Fsp3) is 0.900. The van der Waals surface area contributed by atoms with E-state index < -0.39 is 21.8 Å². The molecule has 0 aromatic carbocycles. The first-order chi connectivity index (χ1) is 7.30. The lowest BCUT2D eigenvalue weighted by Crippen LogP contribution is -2.98. The molecule has 1 aliphatic rings. The first kappa shape index (κ1) is 13.4. The van der Waals surface area contributed by atoms with Gasteiger partial charge in [-0.15, -0.1) is 0 Å². The van der Waals surface area contributed by atoms with Gasteiger partial charge in [0.25, 0.3) is 0 Å². The first-order valence-corrected chi connectivity index (χ1v) is 7.38. The smallest absolute Gasteiger partial charge is 0.156 e. The summed E-state index contributed by atoms with van der Waals surface area (Å²) in [5.74, 6) is -0.569. The van der Waals surface area contributed by atoms with Gasteiger partial charge in [0.1, 0.15) is 17.8 Å². The van der Waals surface area contributed by atoms with Crippen molar-refractivity contribution >= 4 is 15.8 Å². The fourth-order valence-corrected chi connectivity index (χ4v) is 3.82. The number of quaternary nitrogens is 1. The van der Waals surface area contributed by atoms with E-state index in [-0.39, 0.29) is 23.5 Å². The van der Waals surface area contributed by atoms with E-state index in [0.717, 1.165) is 0 Å². The molecular formula is C10H19NO4S. The lowest BCUT2D eigenvalue weighted by molar-refractivity contribution is -0.711. The molecule has 0 aliphatic carbocycles. The second-order valence-electron chi connectivity index (χ2n) is 4.91. The van der Waals surface area contributed by atoms with Crippen LogP contribution in [0.25, 0.3) is 0 Å². The first-order valence-electron chi connectivity index (χ1n) is 5.56. The molecule has 1 heterocycles. The van der Waals surface area contributed by atoms with Crippen LogP contribution in [0.4, 0.5) is 0 Å². The number of rotatable bonds is 5. The Hall–Kier alpha value is -0.620. The van der Waals surface area contributed by atoms with Gasteiger partial charge in [-0.2, -0.15) is 0 Å². The molecule has 0 amide bonds. The Kier molecular flexibility index (Phi) is 4.32. The van der Waals surface area contributed by atoms with E-state index in [1.165, 1.54) is 0 Å². The average Bonchev–Trinajstić information content (AvgIpc) is 2.43. The summed E-state index contributed by atoms with van der Waals surface area (Å²) in [4.78, 5) is 10.9. The van der Waals surface area contributed by atoms with Crippen LogP contribution in [0.15, 0.2) is 0 Å². The second-order valence-corrected chi connectivity index (χ2v) is 7.14. The van der Waals surface area contributed by atoms with E-state index >= 15 is 0 Å². The number of sulfone groups is 1. The predicted octanol–water partition coefficient (Wildman–Crippen LogP) is -2.10. The van der Waals surface area contributed by atoms with Crippen molar-refractivity contribution in [1.29, 1.82) is 0 Å². The van der Waals surface area contributed by atoms with Gasteiger partial charge in [0, 0.05) is 12.8 Å². The van der Waals surface area contributed by atoms with Crippen LogP contribution in [0.3, 0.4) is 0 Å². The Labute approximate surface area is 96.1 Å². The van der Waals surface area contributed by atoms with Crippen molar-refractivity contribution in [3.05, 3.63) is 0 Å². The molecule has 0 saturated carbocycles. The van der Waals surface area contributed by atoms with Gasteiger partial charge >= 0.3 is 0 Å². The highest BCUT2D eigenvalue weighted by Gasteiger charge is 2.32. The van der Waals surface area contributed by atoms with Crippen molar-refractivity contribution in [3.8, 4) is 0 Å². The van der Waals surface area contributed by atoms with Crippen molar-refractivity contribution in [2.45, 2.75) is 38.8 Å². The number of carboxylic acids is 1. The van der Waals surface area contributed by atoms with Crippen LogP contribution in [0.2, 0.25) is 0 Å². The van der Waals surface area contributed by atoms with Gasteiger partial charge in [0.05, 0.1) is 11.7 Å². The molecule has 0 bridgehead atoms. The summed E-state index contributed by atoms with van der Waals surface area (Å²) >= 11 is 0. The van der Waals surface area contributed by atoms with Crippen LogP contribution in [0, 0.1) is 5.92 Å². The van der Waals surface area contributed by atoms with Gasteiger partial charge in [0.2, 0.25) is 0 Å². The fourth-order valence-electron chi connectivity index (χ4n) is 2.07. The molecule has 2 atom stereocenters. The molecule has 94 valence electrons. The summed E-state index contributed by atoms with van der Waals surface area (Å²) in [6.45, 7) is 3.88. The SMILES string of the molecule is CC(C)C[C@H]([NH2+][C@@H]1CCS(=O)(=O)C1)C(=O)[O-]. The molecule has 1 aliphatic heterocycles. The molecule has 0 unspecified atom stereocenters. The van der Waals surface area contributed by atoms with Crippen LogP contribution >= 0.6 is 0 Å². The van der Waals surface area contributed by atoms with E-state index in [0.29, 0.717) is 12.8 Å².